The van der Waals surface area contributed by atoms with Crippen molar-refractivity contribution in [3.05, 3.63) is 42.2 Å². The lowest BCUT2D eigenvalue weighted by Crippen LogP contribution is -2.45. The number of benzene rings is 1. The van der Waals surface area contributed by atoms with E-state index in [0.29, 0.717) is 17.5 Å². The maximum absolute atomic E-state index is 13.2. The van der Waals surface area contributed by atoms with E-state index in [1.807, 2.05) is 24.1 Å². The van der Waals surface area contributed by atoms with Crippen molar-refractivity contribution < 1.29 is 9.18 Å². The molecule has 0 unspecified atom stereocenters. The van der Waals surface area contributed by atoms with Gasteiger partial charge in [0.05, 0.1) is 0 Å². The molecule has 2 aromatic heterocycles. The third-order valence-electron chi connectivity index (χ3n) is 5.55. The van der Waals surface area contributed by atoms with Crippen molar-refractivity contribution in [3.8, 4) is 0 Å². The van der Waals surface area contributed by atoms with E-state index in [0.717, 1.165) is 55.2 Å². The molecule has 0 spiro atoms. The van der Waals surface area contributed by atoms with Crippen molar-refractivity contribution in [2.24, 2.45) is 0 Å². The average molecular weight is 458 g/mol. The Bertz CT molecular complexity index is 1050. The number of nitrogens with one attached hydrogen (secondary N) is 2. The van der Waals surface area contributed by atoms with Gasteiger partial charge in [-0.25, -0.2) is 19.2 Å². The molecule has 3 heterocycles. The Morgan fingerprint density at radius 3 is 2.62 bits per heavy atom. The molecule has 3 aromatic rings. The lowest BCUT2D eigenvalue weighted by atomic mass is 10.3. The molecule has 0 aliphatic carbocycles. The number of pyridine rings is 1. The van der Waals surface area contributed by atoms with Crippen molar-refractivity contribution in [1.82, 2.24) is 25.1 Å². The van der Waals surface area contributed by atoms with Gasteiger partial charge in [-0.15, -0.1) is 0 Å². The summed E-state index contributed by atoms with van der Waals surface area (Å²) < 4.78 is 13.2. The van der Waals surface area contributed by atoms with Crippen molar-refractivity contribution in [2.75, 3.05) is 63.6 Å². The summed E-state index contributed by atoms with van der Waals surface area (Å²) in [6, 6.07) is 9.71. The minimum atomic E-state index is -0.277. The number of piperazine rings is 1. The molecule has 2 N–H and O–H groups in total. The van der Waals surface area contributed by atoms with Gasteiger partial charge < -0.3 is 20.0 Å². The molecule has 8 nitrogen and oxygen atoms in total. The molecule has 0 saturated carbocycles. The number of fused-ring (bicyclic) bond motifs is 1. The zero-order valence-electron chi connectivity index (χ0n) is 18.3. The summed E-state index contributed by atoms with van der Waals surface area (Å²) in [7, 11) is 4.02. The van der Waals surface area contributed by atoms with Gasteiger partial charge in [-0.05, 0) is 56.4 Å². The fourth-order valence-electron chi connectivity index (χ4n) is 3.56. The molecular formula is C22H28FN7OS. The van der Waals surface area contributed by atoms with E-state index < -0.39 is 0 Å². The Morgan fingerprint density at radius 1 is 1.12 bits per heavy atom. The van der Waals surface area contributed by atoms with Crippen LogP contribution in [-0.4, -0.2) is 79.2 Å². The summed E-state index contributed by atoms with van der Waals surface area (Å²) in [6.45, 7) is 5.97. The van der Waals surface area contributed by atoms with E-state index in [-0.39, 0.29) is 11.8 Å². The van der Waals surface area contributed by atoms with Crippen LogP contribution in [0.3, 0.4) is 0 Å². The molecule has 1 aromatic carbocycles. The zero-order valence-corrected chi connectivity index (χ0v) is 19.2. The number of amides is 2. The van der Waals surface area contributed by atoms with Crippen LogP contribution < -0.4 is 15.5 Å². The van der Waals surface area contributed by atoms with E-state index in [9.17, 15) is 9.18 Å². The van der Waals surface area contributed by atoms with Gasteiger partial charge >= 0.3 is 6.03 Å². The van der Waals surface area contributed by atoms with Crippen LogP contribution in [0.1, 0.15) is 6.42 Å². The molecule has 4 rings (SSSR count). The summed E-state index contributed by atoms with van der Waals surface area (Å²) in [6.07, 6.45) is 0.914. The second-order valence-corrected chi connectivity index (χ2v) is 8.91. The SMILES string of the molecule is CN1CCN(CCCNC(=O)Nc2nc3ccc(N(C)c4ccc(F)cc4)nc3s2)CC1. The quantitative estimate of drug-likeness (QED) is 0.530. The highest BCUT2D eigenvalue weighted by molar-refractivity contribution is 7.22. The fraction of sp³-hybridized carbons (Fsp3) is 0.409. The van der Waals surface area contributed by atoms with Crippen LogP contribution in [0.2, 0.25) is 0 Å². The van der Waals surface area contributed by atoms with Gasteiger partial charge in [0.2, 0.25) is 0 Å². The summed E-state index contributed by atoms with van der Waals surface area (Å²) in [5.74, 6) is 0.439. The van der Waals surface area contributed by atoms with Gasteiger partial charge in [0.1, 0.15) is 22.0 Å². The molecule has 1 aliphatic rings. The van der Waals surface area contributed by atoms with Crippen LogP contribution in [-0.2, 0) is 0 Å². The number of carbonyl (C=O) groups excluding carboxylic acids is 1. The Balaban J connectivity index is 1.28. The maximum atomic E-state index is 13.2. The molecule has 32 heavy (non-hydrogen) atoms. The highest BCUT2D eigenvalue weighted by Gasteiger charge is 2.14. The first kappa shape index (κ1) is 22.4. The summed E-state index contributed by atoms with van der Waals surface area (Å²) in [5, 5.41) is 6.21. The Morgan fingerprint density at radius 2 is 1.88 bits per heavy atom. The van der Waals surface area contributed by atoms with Crippen molar-refractivity contribution in [1.29, 1.82) is 0 Å². The zero-order chi connectivity index (χ0) is 22.5. The number of carbonyl (C=O) groups is 1. The van der Waals surface area contributed by atoms with Gasteiger partial charge in [0, 0.05) is 45.5 Å². The predicted octanol–water partition coefficient (Wildman–Crippen LogP) is 3.36. The average Bonchev–Trinajstić information content (AvgIpc) is 3.19. The number of halogens is 1. The van der Waals surface area contributed by atoms with Crippen LogP contribution >= 0.6 is 11.3 Å². The normalized spacial score (nSPS) is 15.1. The molecule has 1 aliphatic heterocycles. The number of rotatable bonds is 7. The second-order valence-electron chi connectivity index (χ2n) is 7.93. The molecule has 1 fully saturated rings. The van der Waals surface area contributed by atoms with Crippen LogP contribution in [0.4, 0.5) is 25.8 Å². The largest absolute Gasteiger partial charge is 0.338 e. The molecule has 2 amide bonds. The minimum Gasteiger partial charge on any atom is -0.338 e. The molecule has 0 bridgehead atoms. The number of likely N-dealkylation sites (N-methyl/N-ethyl adjacent to an activating group) is 1. The van der Waals surface area contributed by atoms with Gasteiger partial charge in [0.15, 0.2) is 5.13 Å². The molecule has 0 radical (unpaired) electrons. The Kier molecular flexibility index (Phi) is 7.13. The first-order chi connectivity index (χ1) is 15.5. The van der Waals surface area contributed by atoms with Crippen molar-refractivity contribution >= 4 is 44.4 Å². The first-order valence-electron chi connectivity index (χ1n) is 10.7. The standard InChI is InChI=1S/C22H28FN7OS/c1-28-12-14-30(15-13-28)11-3-10-24-21(31)27-22-25-18-8-9-19(26-20(18)32-22)29(2)17-6-4-16(23)5-7-17/h4-9H,3,10-15H2,1-2H3,(H2,24,25,27,31). The highest BCUT2D eigenvalue weighted by atomic mass is 32.1. The third kappa shape index (κ3) is 5.70. The molecule has 1 saturated heterocycles. The summed E-state index contributed by atoms with van der Waals surface area (Å²) in [4.78, 5) is 28.7. The van der Waals surface area contributed by atoms with E-state index in [1.165, 1.54) is 23.5 Å². The molecule has 0 atom stereocenters. The Labute approximate surface area is 191 Å². The van der Waals surface area contributed by atoms with E-state index in [4.69, 9.17) is 0 Å². The topological polar surface area (TPSA) is 76.6 Å². The summed E-state index contributed by atoms with van der Waals surface area (Å²) >= 11 is 1.32. The highest BCUT2D eigenvalue weighted by Crippen LogP contribution is 2.29. The van der Waals surface area contributed by atoms with Crippen molar-refractivity contribution in [3.63, 3.8) is 0 Å². The lowest BCUT2D eigenvalue weighted by molar-refractivity contribution is 0.153. The number of hydrogen-bond acceptors (Lipinski definition) is 7. The lowest BCUT2D eigenvalue weighted by Gasteiger charge is -2.32. The third-order valence-corrected chi connectivity index (χ3v) is 6.43. The number of thiazole rings is 1. The minimum absolute atomic E-state index is 0.258. The van der Waals surface area contributed by atoms with Gasteiger partial charge in [0.25, 0.3) is 0 Å². The number of nitrogens with zero attached hydrogens (tertiary/aromatic N) is 5. The van der Waals surface area contributed by atoms with E-state index in [2.05, 4.69) is 37.4 Å². The predicted molar refractivity (Wildman–Crippen MR) is 127 cm³/mol. The second kappa shape index (κ2) is 10.2. The first-order valence-corrected chi connectivity index (χ1v) is 11.5. The number of anilines is 3. The van der Waals surface area contributed by atoms with Crippen LogP contribution in [0.25, 0.3) is 10.3 Å². The maximum Gasteiger partial charge on any atom is 0.321 e. The fourth-order valence-corrected chi connectivity index (χ4v) is 4.39. The molecule has 170 valence electrons. The number of urea groups is 1. The number of hydrogen-bond donors (Lipinski definition) is 2. The summed E-state index contributed by atoms with van der Waals surface area (Å²) in [5.41, 5.74) is 1.55. The van der Waals surface area contributed by atoms with Crippen molar-refractivity contribution in [2.45, 2.75) is 6.42 Å². The van der Waals surface area contributed by atoms with E-state index >= 15 is 0 Å². The van der Waals surface area contributed by atoms with E-state index in [1.54, 1.807) is 12.1 Å². The van der Waals surface area contributed by atoms with Crippen LogP contribution in [0.5, 0.6) is 0 Å². The monoisotopic (exact) mass is 457 g/mol. The molecule has 10 heteroatoms. The van der Waals surface area contributed by atoms with Crippen LogP contribution in [0.15, 0.2) is 36.4 Å². The molecular weight excluding hydrogens is 429 g/mol. The Hall–Kier alpha value is -2.82. The van der Waals surface area contributed by atoms with Gasteiger partial charge in [-0.1, -0.05) is 11.3 Å². The van der Waals surface area contributed by atoms with Gasteiger partial charge in [-0.2, -0.15) is 0 Å². The van der Waals surface area contributed by atoms with Crippen LogP contribution in [0, 0.1) is 5.82 Å². The van der Waals surface area contributed by atoms with Gasteiger partial charge in [-0.3, -0.25) is 5.32 Å². The number of aromatic nitrogens is 2. The smallest absolute Gasteiger partial charge is 0.321 e.